The van der Waals surface area contributed by atoms with Crippen molar-refractivity contribution in [2.45, 2.75) is 38.8 Å². The van der Waals surface area contributed by atoms with Gasteiger partial charge in [0, 0.05) is 34.6 Å². The number of benzene rings is 1. The van der Waals surface area contributed by atoms with Gasteiger partial charge >= 0.3 is 0 Å². The first-order valence-corrected chi connectivity index (χ1v) is 11.7. The van der Waals surface area contributed by atoms with Crippen molar-refractivity contribution in [1.82, 2.24) is 15.2 Å². The lowest BCUT2D eigenvalue weighted by Crippen LogP contribution is -2.32. The quantitative estimate of drug-likeness (QED) is 0.495. The second kappa shape index (κ2) is 9.58. The molecular weight excluding hydrogens is 424 g/mol. The van der Waals surface area contributed by atoms with Crippen LogP contribution in [0.15, 0.2) is 60.8 Å². The van der Waals surface area contributed by atoms with Gasteiger partial charge in [0.15, 0.2) is 5.11 Å². The van der Waals surface area contributed by atoms with Gasteiger partial charge in [-0.15, -0.1) is 11.3 Å². The molecule has 2 aromatic heterocycles. The topological polar surface area (TPSA) is 57.3 Å². The van der Waals surface area contributed by atoms with Crippen molar-refractivity contribution in [2.75, 3.05) is 11.9 Å². The van der Waals surface area contributed by atoms with E-state index in [0.717, 1.165) is 23.4 Å². The molecule has 1 aliphatic heterocycles. The first-order chi connectivity index (χ1) is 15.1. The number of thiophene rings is 1. The Labute approximate surface area is 192 Å². The summed E-state index contributed by atoms with van der Waals surface area (Å²) in [6, 6.07) is 18.1. The number of nitrogens with one attached hydrogen (secondary N) is 2. The summed E-state index contributed by atoms with van der Waals surface area (Å²) < 4.78 is 0. The molecule has 1 aliphatic rings. The van der Waals surface area contributed by atoms with Crippen LogP contribution in [-0.4, -0.2) is 27.4 Å². The molecule has 160 valence electrons. The lowest BCUT2D eigenvalue weighted by Gasteiger charge is -2.26. The molecule has 2 atom stereocenters. The molecule has 3 heterocycles. The third-order valence-corrected chi connectivity index (χ3v) is 6.93. The van der Waals surface area contributed by atoms with Crippen LogP contribution < -0.4 is 10.6 Å². The molecule has 0 saturated carbocycles. The molecular formula is C24H26N4OS2. The zero-order chi connectivity index (χ0) is 21.8. The van der Waals surface area contributed by atoms with E-state index < -0.39 is 0 Å². The predicted octanol–water partition coefficient (Wildman–Crippen LogP) is 5.02. The smallest absolute Gasteiger partial charge is 0.226 e. The number of carbonyl (C=O) groups is 1. The van der Waals surface area contributed by atoms with Crippen molar-refractivity contribution < 1.29 is 4.79 Å². The zero-order valence-electron chi connectivity index (χ0n) is 17.7. The summed E-state index contributed by atoms with van der Waals surface area (Å²) in [6.45, 7) is 4.73. The normalized spacial score (nSPS) is 18.1. The van der Waals surface area contributed by atoms with Gasteiger partial charge in [0.25, 0.3) is 0 Å². The standard InChI is InChI=1S/C24H26N4OS2/c1-3-17-8-4-5-9-18(17)26-21(29)13-15-28-23(20-12-11-16(2)31-20)22(27-24(28)30)19-10-6-7-14-25-19/h4-12,14,22-23H,3,13,15H2,1-2H3,(H,26,29)(H,27,30)/t22-,23-/m0/s1. The maximum absolute atomic E-state index is 12.7. The van der Waals surface area contributed by atoms with Gasteiger partial charge in [-0.3, -0.25) is 9.78 Å². The molecule has 0 radical (unpaired) electrons. The molecule has 0 bridgehead atoms. The molecule has 5 nitrogen and oxygen atoms in total. The number of pyridine rings is 1. The molecule has 4 rings (SSSR count). The van der Waals surface area contributed by atoms with Crippen molar-refractivity contribution in [3.05, 3.63) is 81.8 Å². The van der Waals surface area contributed by atoms with Crippen molar-refractivity contribution in [3.63, 3.8) is 0 Å². The van der Waals surface area contributed by atoms with Crippen LogP contribution in [-0.2, 0) is 11.2 Å². The SMILES string of the molecule is CCc1ccccc1NC(=O)CCN1C(=S)N[C@@H](c2ccccn2)[C@@H]1c1ccc(C)s1. The Morgan fingerprint density at radius 2 is 2.00 bits per heavy atom. The van der Waals surface area contributed by atoms with Crippen LogP contribution in [0.25, 0.3) is 0 Å². The second-order valence-electron chi connectivity index (χ2n) is 7.58. The molecule has 7 heteroatoms. The highest BCUT2D eigenvalue weighted by molar-refractivity contribution is 7.80. The predicted molar refractivity (Wildman–Crippen MR) is 130 cm³/mol. The van der Waals surface area contributed by atoms with E-state index in [1.54, 1.807) is 17.5 Å². The fourth-order valence-electron chi connectivity index (χ4n) is 3.95. The van der Waals surface area contributed by atoms with Crippen molar-refractivity contribution in [2.24, 2.45) is 0 Å². The number of hydrogen-bond donors (Lipinski definition) is 2. The minimum atomic E-state index is -0.0457. The largest absolute Gasteiger partial charge is 0.352 e. The molecule has 1 fully saturated rings. The Kier molecular flexibility index (Phi) is 6.63. The molecule has 0 spiro atoms. The van der Waals surface area contributed by atoms with Crippen molar-refractivity contribution in [3.8, 4) is 0 Å². The number of hydrogen-bond acceptors (Lipinski definition) is 4. The average molecular weight is 451 g/mol. The number of aromatic nitrogens is 1. The van der Waals surface area contributed by atoms with Gasteiger partial charge in [-0.2, -0.15) is 0 Å². The number of para-hydroxylation sites is 1. The molecule has 1 amide bonds. The lowest BCUT2D eigenvalue weighted by molar-refractivity contribution is -0.116. The van der Waals surface area contributed by atoms with E-state index in [1.165, 1.54) is 9.75 Å². The Bertz CT molecular complexity index is 1070. The number of rotatable bonds is 7. The molecule has 1 saturated heterocycles. The van der Waals surface area contributed by atoms with E-state index in [0.29, 0.717) is 18.1 Å². The number of carbonyl (C=O) groups excluding carboxylic acids is 1. The minimum absolute atomic E-state index is 0.00824. The van der Waals surface area contributed by atoms with Crippen LogP contribution >= 0.6 is 23.6 Å². The summed E-state index contributed by atoms with van der Waals surface area (Å²) in [4.78, 5) is 21.9. The van der Waals surface area contributed by atoms with Crippen molar-refractivity contribution in [1.29, 1.82) is 0 Å². The summed E-state index contributed by atoms with van der Waals surface area (Å²) in [6.07, 6.45) is 3.04. The third-order valence-electron chi connectivity index (χ3n) is 5.50. The number of anilines is 1. The second-order valence-corrected chi connectivity index (χ2v) is 9.28. The summed E-state index contributed by atoms with van der Waals surface area (Å²) in [7, 11) is 0. The Morgan fingerprint density at radius 1 is 1.19 bits per heavy atom. The third kappa shape index (κ3) is 4.78. The van der Waals surface area contributed by atoms with Crippen LogP contribution in [0, 0.1) is 6.92 Å². The fraction of sp³-hybridized carbons (Fsp3) is 0.292. The van der Waals surface area contributed by atoms with E-state index in [1.807, 2.05) is 42.5 Å². The minimum Gasteiger partial charge on any atom is -0.352 e. The van der Waals surface area contributed by atoms with Crippen molar-refractivity contribution >= 4 is 40.3 Å². The van der Waals surface area contributed by atoms with E-state index in [4.69, 9.17) is 12.2 Å². The van der Waals surface area contributed by atoms with Crippen LogP contribution in [0.2, 0.25) is 0 Å². The molecule has 0 unspecified atom stereocenters. The van der Waals surface area contributed by atoms with Gasteiger partial charge in [0.1, 0.15) is 0 Å². The van der Waals surface area contributed by atoms with Crippen LogP contribution in [0.5, 0.6) is 0 Å². The van der Waals surface area contributed by atoms with Gasteiger partial charge in [-0.1, -0.05) is 31.2 Å². The molecule has 3 aromatic rings. The highest BCUT2D eigenvalue weighted by atomic mass is 32.1. The first-order valence-electron chi connectivity index (χ1n) is 10.5. The first kappa shape index (κ1) is 21.5. The lowest BCUT2D eigenvalue weighted by atomic mass is 10.0. The van der Waals surface area contributed by atoms with E-state index in [-0.39, 0.29) is 18.0 Å². The van der Waals surface area contributed by atoms with E-state index in [2.05, 4.69) is 46.5 Å². The summed E-state index contributed by atoms with van der Waals surface area (Å²) >= 11 is 7.44. The van der Waals surface area contributed by atoms with E-state index in [9.17, 15) is 4.79 Å². The Balaban J connectivity index is 1.52. The average Bonchev–Trinajstić information content (AvgIpc) is 3.35. The Morgan fingerprint density at radius 3 is 2.71 bits per heavy atom. The molecule has 1 aromatic carbocycles. The highest BCUT2D eigenvalue weighted by Gasteiger charge is 2.40. The number of thiocarbonyl (C=S) groups is 1. The number of aryl methyl sites for hydroxylation is 2. The van der Waals surface area contributed by atoms with Gasteiger partial charge in [-0.05, 0) is 61.5 Å². The van der Waals surface area contributed by atoms with Crippen LogP contribution in [0.1, 0.15) is 46.4 Å². The summed E-state index contributed by atoms with van der Waals surface area (Å²) in [5.74, 6) is -0.00824. The molecule has 0 aliphatic carbocycles. The monoisotopic (exact) mass is 450 g/mol. The molecule has 2 N–H and O–H groups in total. The van der Waals surface area contributed by atoms with Gasteiger partial charge in [-0.25, -0.2) is 0 Å². The zero-order valence-corrected chi connectivity index (χ0v) is 19.3. The number of nitrogens with zero attached hydrogens (tertiary/aromatic N) is 2. The van der Waals surface area contributed by atoms with Crippen LogP contribution in [0.3, 0.4) is 0 Å². The fourth-order valence-corrected chi connectivity index (χ4v) is 5.31. The number of amides is 1. The van der Waals surface area contributed by atoms with E-state index >= 15 is 0 Å². The molecule has 31 heavy (non-hydrogen) atoms. The highest BCUT2D eigenvalue weighted by Crippen LogP contribution is 2.41. The van der Waals surface area contributed by atoms with Gasteiger partial charge < -0.3 is 15.5 Å². The Hall–Kier alpha value is -2.77. The maximum Gasteiger partial charge on any atom is 0.226 e. The van der Waals surface area contributed by atoms with Crippen LogP contribution in [0.4, 0.5) is 5.69 Å². The maximum atomic E-state index is 12.7. The van der Waals surface area contributed by atoms with Gasteiger partial charge in [0.05, 0.1) is 17.8 Å². The van der Waals surface area contributed by atoms with Gasteiger partial charge in [0.2, 0.25) is 5.91 Å². The summed E-state index contributed by atoms with van der Waals surface area (Å²) in [5.41, 5.74) is 2.97. The summed E-state index contributed by atoms with van der Waals surface area (Å²) in [5, 5.41) is 7.16.